The molecule has 1 rings (SSSR count). The molecule has 0 aromatic carbocycles. The summed E-state index contributed by atoms with van der Waals surface area (Å²) >= 11 is 0. The molecule has 3 atom stereocenters. The lowest BCUT2D eigenvalue weighted by molar-refractivity contribution is 0.347. The zero-order valence-electron chi connectivity index (χ0n) is 12.2. The molecular formula is C16H29FP+. The van der Waals surface area contributed by atoms with Crippen LogP contribution in [0.3, 0.4) is 0 Å². The third-order valence-electron chi connectivity index (χ3n) is 4.20. The zero-order valence-corrected chi connectivity index (χ0v) is 13.2. The summed E-state index contributed by atoms with van der Waals surface area (Å²) in [7, 11) is -0.923. The quantitative estimate of drug-likeness (QED) is 0.503. The molecule has 0 aliphatic heterocycles. The van der Waals surface area contributed by atoms with Gasteiger partial charge >= 0.3 is 0 Å². The second kappa shape index (κ2) is 8.10. The predicted octanol–water partition coefficient (Wildman–Crippen LogP) is 5.62. The first kappa shape index (κ1) is 15.9. The Balaban J connectivity index is 2.37. The van der Waals surface area contributed by atoms with Crippen LogP contribution < -0.4 is 0 Å². The zero-order chi connectivity index (χ0) is 13.4. The molecule has 0 bridgehead atoms. The molecule has 0 saturated carbocycles. The van der Waals surface area contributed by atoms with Crippen LogP contribution in [0.15, 0.2) is 24.3 Å². The Morgan fingerprint density at radius 1 is 1.28 bits per heavy atom. The minimum atomic E-state index is -0.998. The van der Waals surface area contributed by atoms with Crippen molar-refractivity contribution in [1.29, 1.82) is 0 Å². The molecule has 104 valence electrons. The van der Waals surface area contributed by atoms with E-state index in [1.54, 1.807) is 6.08 Å². The van der Waals surface area contributed by atoms with Gasteiger partial charge in [0.25, 0.3) is 0 Å². The van der Waals surface area contributed by atoms with Gasteiger partial charge < -0.3 is 0 Å². The van der Waals surface area contributed by atoms with Gasteiger partial charge in [-0.05, 0) is 18.4 Å². The van der Waals surface area contributed by atoms with E-state index in [2.05, 4.69) is 20.5 Å². The summed E-state index contributed by atoms with van der Waals surface area (Å²) in [6.45, 7) is 6.69. The van der Waals surface area contributed by atoms with Crippen LogP contribution in [0.2, 0.25) is 0 Å². The van der Waals surface area contributed by atoms with E-state index in [0.29, 0.717) is 6.42 Å². The number of hydrogen-bond acceptors (Lipinski definition) is 0. The maximum atomic E-state index is 14.7. The van der Waals surface area contributed by atoms with Gasteiger partial charge in [-0.15, -0.1) is 0 Å². The van der Waals surface area contributed by atoms with Gasteiger partial charge in [-0.1, -0.05) is 57.8 Å². The first-order chi connectivity index (χ1) is 8.62. The average Bonchev–Trinajstić information content (AvgIpc) is 2.39. The van der Waals surface area contributed by atoms with E-state index in [9.17, 15) is 4.39 Å². The van der Waals surface area contributed by atoms with Crippen molar-refractivity contribution in [1.82, 2.24) is 0 Å². The van der Waals surface area contributed by atoms with Crippen LogP contribution in [0.5, 0.6) is 0 Å². The van der Waals surface area contributed by atoms with E-state index in [4.69, 9.17) is 0 Å². The third kappa shape index (κ3) is 4.84. The van der Waals surface area contributed by atoms with Crippen molar-refractivity contribution < 1.29 is 4.39 Å². The highest BCUT2D eigenvalue weighted by Gasteiger charge is 2.39. The summed E-state index contributed by atoms with van der Waals surface area (Å²) < 4.78 is 14.7. The molecule has 1 aliphatic carbocycles. The second-order valence-corrected chi connectivity index (χ2v) is 8.48. The van der Waals surface area contributed by atoms with Gasteiger partial charge in [0.15, 0.2) is 0 Å². The average molecular weight is 271 g/mol. The molecule has 1 aliphatic rings. The lowest BCUT2D eigenvalue weighted by atomic mass is 9.97. The molecule has 0 spiro atoms. The van der Waals surface area contributed by atoms with Gasteiger partial charge in [0.2, 0.25) is 5.41 Å². The number of halogens is 1. The van der Waals surface area contributed by atoms with Crippen molar-refractivity contribution in [2.24, 2.45) is 5.92 Å². The van der Waals surface area contributed by atoms with E-state index < -0.39 is 13.3 Å². The van der Waals surface area contributed by atoms with Crippen LogP contribution in [0, 0.1) is 5.92 Å². The van der Waals surface area contributed by atoms with Gasteiger partial charge in [0.1, 0.15) is 0 Å². The number of unbranched alkanes of at least 4 members (excludes halogenated alkanes) is 1. The maximum Gasteiger partial charge on any atom is 0.233 e. The summed E-state index contributed by atoms with van der Waals surface area (Å²) in [4.78, 5) is 0. The predicted molar refractivity (Wildman–Crippen MR) is 83.8 cm³/mol. The smallest absolute Gasteiger partial charge is 0.195 e. The molecule has 2 heteroatoms. The summed E-state index contributed by atoms with van der Waals surface area (Å²) in [6.07, 6.45) is 15.7. The maximum absolute atomic E-state index is 14.7. The van der Waals surface area contributed by atoms with Crippen LogP contribution in [0.1, 0.15) is 52.4 Å². The monoisotopic (exact) mass is 271 g/mol. The van der Waals surface area contributed by atoms with Crippen molar-refractivity contribution in [2.45, 2.75) is 57.8 Å². The van der Waals surface area contributed by atoms with Crippen molar-refractivity contribution >= 4 is 7.92 Å². The van der Waals surface area contributed by atoms with Gasteiger partial charge in [0, 0.05) is 14.3 Å². The Hall–Kier alpha value is -0.160. The van der Waals surface area contributed by atoms with E-state index >= 15 is 0 Å². The van der Waals surface area contributed by atoms with Crippen LogP contribution in [-0.2, 0) is 0 Å². The fraction of sp³-hybridized carbons (Fsp3) is 0.750. The number of alkyl halides is 1. The Labute approximate surface area is 113 Å². The minimum absolute atomic E-state index is 0.597. The summed E-state index contributed by atoms with van der Waals surface area (Å²) in [5.74, 6) is 0.816. The summed E-state index contributed by atoms with van der Waals surface area (Å²) in [5, 5.41) is -0.998. The topological polar surface area (TPSA) is 0 Å². The number of hydrogen-bond donors (Lipinski definition) is 0. The molecule has 0 radical (unpaired) electrons. The van der Waals surface area contributed by atoms with Crippen molar-refractivity contribution in [3.63, 3.8) is 0 Å². The van der Waals surface area contributed by atoms with E-state index in [1.807, 2.05) is 18.2 Å². The van der Waals surface area contributed by atoms with E-state index in [-0.39, 0.29) is 0 Å². The molecule has 0 heterocycles. The Morgan fingerprint density at radius 3 is 2.61 bits per heavy atom. The van der Waals surface area contributed by atoms with Crippen LogP contribution >= 0.6 is 7.92 Å². The molecule has 18 heavy (non-hydrogen) atoms. The Morgan fingerprint density at radius 2 is 2.06 bits per heavy atom. The van der Waals surface area contributed by atoms with E-state index in [1.165, 1.54) is 32.1 Å². The molecule has 0 aromatic rings. The molecule has 0 fully saturated rings. The van der Waals surface area contributed by atoms with Crippen molar-refractivity contribution in [3.8, 4) is 0 Å². The summed E-state index contributed by atoms with van der Waals surface area (Å²) in [6, 6.07) is 0. The normalized spacial score (nSPS) is 26.2. The first-order valence-corrected chi connectivity index (χ1v) is 9.69. The molecule has 3 unspecified atom stereocenters. The van der Waals surface area contributed by atoms with Gasteiger partial charge in [-0.25, -0.2) is 0 Å². The van der Waals surface area contributed by atoms with Crippen molar-refractivity contribution in [2.75, 3.05) is 12.8 Å². The molecule has 0 saturated heterocycles. The lowest BCUT2D eigenvalue weighted by Gasteiger charge is -2.24. The first-order valence-electron chi connectivity index (χ1n) is 7.48. The fourth-order valence-electron chi connectivity index (χ4n) is 2.58. The summed E-state index contributed by atoms with van der Waals surface area (Å²) in [5.41, 5.74) is 0. The van der Waals surface area contributed by atoms with Gasteiger partial charge in [0.05, 0.1) is 12.8 Å². The largest absolute Gasteiger partial charge is 0.233 e. The molecule has 0 nitrogen and oxygen atoms in total. The SMILES string of the molecule is CCCCC(CC)CC[PH+](C)C1(F)C=CC=CC1. The van der Waals surface area contributed by atoms with Gasteiger partial charge in [-0.3, -0.25) is 0 Å². The highest BCUT2D eigenvalue weighted by Crippen LogP contribution is 2.53. The highest BCUT2D eigenvalue weighted by molar-refractivity contribution is 7.58. The number of allylic oxidation sites excluding steroid dienone is 4. The van der Waals surface area contributed by atoms with Crippen molar-refractivity contribution in [3.05, 3.63) is 24.3 Å². The molecule has 0 aromatic heterocycles. The molecule has 0 N–H and O–H groups in total. The van der Waals surface area contributed by atoms with Gasteiger partial charge in [-0.2, -0.15) is 4.39 Å². The van der Waals surface area contributed by atoms with E-state index in [0.717, 1.165) is 12.1 Å². The second-order valence-electron chi connectivity index (χ2n) is 5.59. The molecular weight excluding hydrogens is 242 g/mol. The van der Waals surface area contributed by atoms with Crippen LogP contribution in [-0.4, -0.2) is 18.2 Å². The van der Waals surface area contributed by atoms with Crippen LogP contribution in [0.4, 0.5) is 4.39 Å². The Kier molecular flexibility index (Phi) is 7.15. The molecule has 0 amide bonds. The Bertz CT molecular complexity index is 285. The minimum Gasteiger partial charge on any atom is -0.195 e. The van der Waals surface area contributed by atoms with Crippen LogP contribution in [0.25, 0.3) is 0 Å². The fourth-order valence-corrected chi connectivity index (χ4v) is 4.69. The lowest BCUT2D eigenvalue weighted by Crippen LogP contribution is -2.19. The number of rotatable bonds is 8. The standard InChI is InChI=1S/C16H28FP/c1-4-6-10-15(5-2)11-14-18(3)16(17)12-8-7-9-13-16/h7-9,12,15H,4-6,10-11,13-14H2,1-3H3/p+1. The highest BCUT2D eigenvalue weighted by atomic mass is 31.1. The third-order valence-corrected chi connectivity index (χ3v) is 7.03.